The Morgan fingerprint density at radius 1 is 1.23 bits per heavy atom. The van der Waals surface area contributed by atoms with E-state index in [1.54, 1.807) is 24.3 Å². The van der Waals surface area contributed by atoms with Gasteiger partial charge in [-0.1, -0.05) is 24.6 Å². The van der Waals surface area contributed by atoms with Crippen LogP contribution in [0.25, 0.3) is 0 Å². The van der Waals surface area contributed by atoms with Crippen molar-refractivity contribution in [3.8, 4) is 6.07 Å². The van der Waals surface area contributed by atoms with E-state index in [0.717, 1.165) is 32.1 Å². The van der Waals surface area contributed by atoms with E-state index >= 15 is 0 Å². The molecule has 1 nitrogen and oxygen atoms in total. The van der Waals surface area contributed by atoms with Gasteiger partial charge in [0.25, 0.3) is 0 Å². The summed E-state index contributed by atoms with van der Waals surface area (Å²) in [7, 11) is 0. The molecule has 0 heterocycles. The van der Waals surface area contributed by atoms with Crippen LogP contribution in [0.2, 0.25) is 0 Å². The number of fused-ring (bicyclic) bond motifs is 1. The van der Waals surface area contributed by atoms with Crippen LogP contribution in [-0.2, 0) is 0 Å². The Morgan fingerprint density at radius 3 is 2.77 bits per heavy atom. The Bertz CT molecular complexity index is 689. The van der Waals surface area contributed by atoms with Gasteiger partial charge in [0.15, 0.2) is 0 Å². The normalized spacial score (nSPS) is 38.3. The second-order valence-corrected chi connectivity index (χ2v) is 6.65. The Morgan fingerprint density at radius 2 is 2.05 bits per heavy atom. The SMILES string of the molecule is [2H]C1([2H])CC2CC(CCC=C)CCC2C([2H])([2H])C1c1ccc(C#N)cc1. The number of nitrogens with zero attached hydrogens (tertiary/aromatic N) is 1. The third-order valence-electron chi connectivity index (χ3n) is 5.21. The highest BCUT2D eigenvalue weighted by Gasteiger charge is 2.35. The second-order valence-electron chi connectivity index (χ2n) is 6.65. The van der Waals surface area contributed by atoms with Crippen molar-refractivity contribution in [1.29, 1.82) is 5.26 Å². The smallest absolute Gasteiger partial charge is 0.0991 e. The van der Waals surface area contributed by atoms with Crippen LogP contribution in [0.4, 0.5) is 0 Å². The van der Waals surface area contributed by atoms with E-state index in [1.165, 1.54) is 0 Å². The molecule has 0 saturated heterocycles. The van der Waals surface area contributed by atoms with Gasteiger partial charge >= 0.3 is 0 Å². The summed E-state index contributed by atoms with van der Waals surface area (Å²) in [4.78, 5) is 0. The minimum atomic E-state index is -1.58. The van der Waals surface area contributed by atoms with Crippen LogP contribution < -0.4 is 0 Å². The number of benzene rings is 1. The molecule has 1 aromatic carbocycles. The van der Waals surface area contributed by atoms with Crippen molar-refractivity contribution in [1.82, 2.24) is 0 Å². The average molecular weight is 297 g/mol. The van der Waals surface area contributed by atoms with E-state index in [4.69, 9.17) is 10.7 Å². The zero-order valence-electron chi connectivity index (χ0n) is 17.1. The number of hydrogen-bond acceptors (Lipinski definition) is 1. The molecule has 0 bridgehead atoms. The second kappa shape index (κ2) is 7.14. The third-order valence-corrected chi connectivity index (χ3v) is 5.21. The van der Waals surface area contributed by atoms with Gasteiger partial charge in [0.1, 0.15) is 0 Å². The minimum Gasteiger partial charge on any atom is -0.192 e. The van der Waals surface area contributed by atoms with Crippen LogP contribution >= 0.6 is 0 Å². The molecule has 22 heavy (non-hydrogen) atoms. The van der Waals surface area contributed by atoms with Gasteiger partial charge in [0, 0.05) is 5.48 Å². The molecule has 2 saturated carbocycles. The summed E-state index contributed by atoms with van der Waals surface area (Å²) in [5.74, 6) is -0.203. The van der Waals surface area contributed by atoms with E-state index in [9.17, 15) is 0 Å². The zero-order chi connectivity index (χ0) is 18.9. The standard InChI is InChI=1S/C21H27N/c1-2-3-4-16-5-10-21-14-20(12-11-19(21)13-16)18-8-6-17(15-22)7-9-18/h2,6-9,16,19-21H,1,3-5,10-14H2/i12D2,14D2. The molecule has 0 spiro atoms. The van der Waals surface area contributed by atoms with Crippen LogP contribution in [0.5, 0.6) is 0 Å². The highest BCUT2D eigenvalue weighted by Crippen LogP contribution is 2.48. The summed E-state index contributed by atoms with van der Waals surface area (Å²) in [5.41, 5.74) is 1.19. The van der Waals surface area contributed by atoms with Crippen molar-refractivity contribution in [2.24, 2.45) is 17.8 Å². The first-order valence-corrected chi connectivity index (χ1v) is 8.40. The van der Waals surface area contributed by atoms with E-state index < -0.39 is 18.7 Å². The zero-order valence-corrected chi connectivity index (χ0v) is 13.1. The Labute approximate surface area is 140 Å². The van der Waals surface area contributed by atoms with Crippen molar-refractivity contribution in [3.63, 3.8) is 0 Å². The summed E-state index contributed by atoms with van der Waals surface area (Å²) < 4.78 is 35.0. The lowest BCUT2D eigenvalue weighted by molar-refractivity contribution is 0.115. The van der Waals surface area contributed by atoms with Gasteiger partial charge in [0.2, 0.25) is 0 Å². The Balaban J connectivity index is 1.87. The van der Waals surface area contributed by atoms with Crippen LogP contribution in [0.1, 0.15) is 73.8 Å². The molecule has 0 radical (unpaired) electrons. The summed E-state index contributed by atoms with van der Waals surface area (Å²) in [5, 5.41) is 8.98. The third kappa shape index (κ3) is 3.43. The van der Waals surface area contributed by atoms with Crippen molar-refractivity contribution in [2.75, 3.05) is 0 Å². The first-order valence-electron chi connectivity index (χ1n) is 10.4. The van der Waals surface area contributed by atoms with E-state index in [2.05, 4.69) is 12.6 Å². The van der Waals surface area contributed by atoms with Gasteiger partial charge in [-0.25, -0.2) is 0 Å². The topological polar surface area (TPSA) is 23.8 Å². The summed E-state index contributed by atoms with van der Waals surface area (Å²) in [6, 6.07) is 8.87. The van der Waals surface area contributed by atoms with Gasteiger partial charge in [-0.05, 0) is 86.2 Å². The van der Waals surface area contributed by atoms with E-state index in [0.29, 0.717) is 23.5 Å². The van der Waals surface area contributed by atoms with Gasteiger partial charge in [-0.2, -0.15) is 5.26 Å². The monoisotopic (exact) mass is 297 g/mol. The van der Waals surface area contributed by atoms with Crippen molar-refractivity contribution >= 4 is 0 Å². The highest BCUT2D eigenvalue weighted by atomic mass is 14.4. The number of rotatable bonds is 4. The molecular weight excluding hydrogens is 266 g/mol. The van der Waals surface area contributed by atoms with Crippen molar-refractivity contribution in [3.05, 3.63) is 48.0 Å². The molecular formula is C21H27N. The predicted octanol–water partition coefficient (Wildman–Crippen LogP) is 5.82. The van der Waals surface area contributed by atoms with Gasteiger partial charge < -0.3 is 0 Å². The largest absolute Gasteiger partial charge is 0.192 e. The number of hydrogen-bond donors (Lipinski definition) is 0. The van der Waals surface area contributed by atoms with Crippen LogP contribution in [0, 0.1) is 29.1 Å². The molecule has 1 aromatic rings. The minimum absolute atomic E-state index is 0.0908. The number of allylic oxidation sites excluding steroid dienone is 1. The highest BCUT2D eigenvalue weighted by molar-refractivity contribution is 5.33. The molecule has 1 heteroatoms. The summed E-state index contributed by atoms with van der Waals surface area (Å²) in [6.45, 7) is 3.79. The van der Waals surface area contributed by atoms with Crippen molar-refractivity contribution in [2.45, 2.75) is 57.2 Å². The lowest BCUT2D eigenvalue weighted by Gasteiger charge is -2.42. The predicted molar refractivity (Wildman–Crippen MR) is 91.5 cm³/mol. The Hall–Kier alpha value is -1.55. The maximum atomic E-state index is 8.98. The maximum absolute atomic E-state index is 8.98. The summed E-state index contributed by atoms with van der Waals surface area (Å²) >= 11 is 0. The van der Waals surface area contributed by atoms with Crippen molar-refractivity contribution < 1.29 is 5.48 Å². The van der Waals surface area contributed by atoms with Gasteiger partial charge in [-0.15, -0.1) is 6.58 Å². The summed E-state index contributed by atoms with van der Waals surface area (Å²) in [6.07, 6.45) is 4.05. The first kappa shape index (κ1) is 11.1. The fraction of sp³-hybridized carbons (Fsp3) is 0.571. The fourth-order valence-electron chi connectivity index (χ4n) is 3.93. The first-order chi connectivity index (χ1) is 12.3. The molecule has 0 N–H and O–H groups in total. The van der Waals surface area contributed by atoms with Crippen LogP contribution in [0.3, 0.4) is 0 Å². The van der Waals surface area contributed by atoms with E-state index in [-0.39, 0.29) is 11.8 Å². The van der Waals surface area contributed by atoms with Gasteiger partial charge in [0.05, 0.1) is 11.6 Å². The maximum Gasteiger partial charge on any atom is 0.0991 e. The molecule has 4 atom stereocenters. The van der Waals surface area contributed by atoms with E-state index in [1.807, 2.05) is 6.08 Å². The molecule has 2 aliphatic carbocycles. The molecule has 3 rings (SSSR count). The molecule has 0 amide bonds. The molecule has 0 aliphatic heterocycles. The quantitative estimate of drug-likeness (QED) is 0.642. The average Bonchev–Trinajstić information content (AvgIpc) is 2.59. The molecule has 2 aliphatic rings. The van der Waals surface area contributed by atoms with Crippen LogP contribution in [0.15, 0.2) is 36.9 Å². The fourth-order valence-corrected chi connectivity index (χ4v) is 3.93. The van der Waals surface area contributed by atoms with Gasteiger partial charge in [-0.3, -0.25) is 0 Å². The molecule has 116 valence electrons. The number of nitriles is 1. The molecule has 4 unspecified atom stereocenters. The molecule has 2 fully saturated rings. The van der Waals surface area contributed by atoms with Crippen LogP contribution in [-0.4, -0.2) is 0 Å². The lowest BCUT2D eigenvalue weighted by atomic mass is 9.63. The molecule has 0 aromatic heterocycles. The lowest BCUT2D eigenvalue weighted by Crippen LogP contribution is -2.30. The Kier molecular flexibility index (Phi) is 3.59.